The second-order valence-corrected chi connectivity index (χ2v) is 30.9. The number of hydrogen-bond donors (Lipinski definition) is 0. The topological polar surface area (TPSA) is 19.6 Å². The molecule has 4 heteroatoms. The lowest BCUT2D eigenvalue weighted by Crippen LogP contribution is -2.61. The van der Waals surface area contributed by atoms with E-state index in [0.717, 1.165) is 30.5 Å². The van der Waals surface area contributed by atoms with Gasteiger partial charge in [-0.2, -0.15) is 0 Å². The molecule has 0 amide bonds. The number of furan rings is 1. The molecule has 7 aliphatic rings. The molecule has 2 bridgehead atoms. The summed E-state index contributed by atoms with van der Waals surface area (Å²) in [5, 5.41) is 1.20. The Morgan fingerprint density at radius 1 is 0.513 bits per heavy atom. The highest BCUT2D eigenvalue weighted by atomic mass is 16.3. The molecule has 3 atom stereocenters. The van der Waals surface area contributed by atoms with Gasteiger partial charge in [-0.25, -0.2) is 0 Å². The molecule has 76 heavy (non-hydrogen) atoms. The second kappa shape index (κ2) is 14.8. The molecule has 6 aromatic carbocycles. The summed E-state index contributed by atoms with van der Waals surface area (Å²) in [6.07, 6.45) is 8.46. The molecule has 1 spiro atoms. The Kier molecular flexibility index (Phi) is 9.52. The maximum absolute atomic E-state index is 7.66. The monoisotopic (exact) mass is 1000 g/mol. The fourth-order valence-corrected chi connectivity index (χ4v) is 17.4. The highest BCUT2D eigenvalue weighted by molar-refractivity contribution is 7.00. The molecule has 3 unspecified atom stereocenters. The van der Waals surface area contributed by atoms with Gasteiger partial charge in [0.1, 0.15) is 5.58 Å². The van der Waals surface area contributed by atoms with E-state index in [1.165, 1.54) is 121 Å². The molecule has 0 N–H and O–H groups in total. The normalized spacial score (nSPS) is 25.2. The minimum atomic E-state index is -0.154. The van der Waals surface area contributed by atoms with Crippen molar-refractivity contribution in [1.82, 2.24) is 0 Å². The lowest BCUT2D eigenvalue weighted by molar-refractivity contribution is 0.0990. The average molecular weight is 1000 g/mol. The highest BCUT2D eigenvalue weighted by Gasteiger charge is 2.71. The molecule has 3 heterocycles. The van der Waals surface area contributed by atoms with Crippen LogP contribution in [0.15, 0.2) is 108 Å². The van der Waals surface area contributed by atoms with Gasteiger partial charge in [-0.1, -0.05) is 172 Å². The third-order valence-electron chi connectivity index (χ3n) is 22.8. The number of benzene rings is 6. The van der Waals surface area contributed by atoms with Gasteiger partial charge in [-0.3, -0.25) is 0 Å². The summed E-state index contributed by atoms with van der Waals surface area (Å²) in [5.41, 5.74) is 27.1. The quantitative estimate of drug-likeness (QED) is 0.161. The van der Waals surface area contributed by atoms with Crippen molar-refractivity contribution in [2.24, 2.45) is 16.7 Å². The number of hydrogen-bond acceptors (Lipinski definition) is 3. The van der Waals surface area contributed by atoms with Crippen molar-refractivity contribution < 1.29 is 4.42 Å². The molecule has 390 valence electrons. The Labute approximate surface area is 456 Å². The zero-order chi connectivity index (χ0) is 53.6. The Balaban J connectivity index is 1.14. The third kappa shape index (κ3) is 6.09. The fourth-order valence-electron chi connectivity index (χ4n) is 17.4. The molecular weight excluding hydrogens is 920 g/mol. The van der Waals surface area contributed by atoms with E-state index in [9.17, 15) is 0 Å². The largest absolute Gasteiger partial charge is 0.468 e. The van der Waals surface area contributed by atoms with Gasteiger partial charge < -0.3 is 14.2 Å². The Morgan fingerprint density at radius 2 is 1.12 bits per heavy atom. The predicted molar refractivity (Wildman–Crippen MR) is 324 cm³/mol. The Hall–Kier alpha value is -5.48. The van der Waals surface area contributed by atoms with Crippen LogP contribution in [0.5, 0.6) is 0 Å². The highest BCUT2D eigenvalue weighted by Crippen LogP contribution is 2.78. The zero-order valence-electron chi connectivity index (χ0n) is 49.2. The molecule has 0 saturated heterocycles. The molecule has 5 aliphatic carbocycles. The minimum Gasteiger partial charge on any atom is -0.468 e. The van der Waals surface area contributed by atoms with Gasteiger partial charge in [0.15, 0.2) is 0 Å². The summed E-state index contributed by atoms with van der Waals surface area (Å²) in [6.45, 7) is 41.9. The molecule has 2 saturated carbocycles. The van der Waals surface area contributed by atoms with E-state index in [1.807, 2.05) is 0 Å². The first kappa shape index (κ1) is 48.9. The van der Waals surface area contributed by atoms with Crippen molar-refractivity contribution >= 4 is 68.4 Å². The molecule has 3 nitrogen and oxygen atoms in total. The summed E-state index contributed by atoms with van der Waals surface area (Å²) in [5.74, 6) is 0.688. The predicted octanol–water partition coefficient (Wildman–Crippen LogP) is 17.9. The molecule has 2 aliphatic heterocycles. The van der Waals surface area contributed by atoms with Gasteiger partial charge in [0.2, 0.25) is 0 Å². The Bertz CT molecular complexity index is 3690. The van der Waals surface area contributed by atoms with Gasteiger partial charge in [0.05, 0.1) is 17.0 Å². The van der Waals surface area contributed by atoms with Crippen molar-refractivity contribution in [1.29, 1.82) is 0 Å². The molecule has 14 rings (SSSR count). The third-order valence-corrected chi connectivity index (χ3v) is 22.8. The molecular formula is C72H83BN2O. The number of fused-ring (bicyclic) bond motifs is 16. The van der Waals surface area contributed by atoms with Crippen LogP contribution in [0.4, 0.5) is 34.1 Å². The van der Waals surface area contributed by atoms with Crippen LogP contribution in [0.2, 0.25) is 0 Å². The molecule has 2 fully saturated rings. The van der Waals surface area contributed by atoms with E-state index in [0.29, 0.717) is 5.92 Å². The first-order valence-corrected chi connectivity index (χ1v) is 29.4. The summed E-state index contributed by atoms with van der Waals surface area (Å²) < 4.78 is 7.66. The van der Waals surface area contributed by atoms with E-state index in [1.54, 1.807) is 11.1 Å². The van der Waals surface area contributed by atoms with Gasteiger partial charge in [0.25, 0.3) is 6.71 Å². The summed E-state index contributed by atoms with van der Waals surface area (Å²) >= 11 is 0. The maximum Gasteiger partial charge on any atom is 0.297 e. The first-order valence-electron chi connectivity index (χ1n) is 29.4. The number of nitrogens with zero attached hydrogens (tertiary/aromatic N) is 2. The molecule has 7 aromatic rings. The summed E-state index contributed by atoms with van der Waals surface area (Å²) in [4.78, 5) is 5.48. The standard InChI is InChI=1S/C72H83BN2O/c1-64(2,3)42-25-28-59-47(35-42)62-63(76-59)73-54-39-52-53(69(13,14)34-33-68(52,11)12)40-56(54)75(55-24-20-23-50-60(55)46-21-18-19-22-48(46)72(50)41-43-29-30-71(72,17)70(43,15)16)58-37-44(65(4,5)6)36-57(61(58)73)74(62)45-26-27-49-51(38-45)67(9,10)32-31-66(49,7)8/h18-28,35-40,43H,29-34,41H2,1-17H3. The lowest BCUT2D eigenvalue weighted by atomic mass is 9.35. The van der Waals surface area contributed by atoms with Crippen molar-refractivity contribution in [3.63, 3.8) is 0 Å². The zero-order valence-corrected chi connectivity index (χ0v) is 49.2. The van der Waals surface area contributed by atoms with E-state index >= 15 is 0 Å². The summed E-state index contributed by atoms with van der Waals surface area (Å²) in [7, 11) is 0. The average Bonchev–Trinajstić information content (AvgIpc) is 4.22. The van der Waals surface area contributed by atoms with Crippen LogP contribution in [0.1, 0.15) is 207 Å². The van der Waals surface area contributed by atoms with Crippen LogP contribution in [0.3, 0.4) is 0 Å². The first-order chi connectivity index (χ1) is 35.5. The van der Waals surface area contributed by atoms with Gasteiger partial charge >= 0.3 is 0 Å². The smallest absolute Gasteiger partial charge is 0.297 e. The van der Waals surface area contributed by atoms with E-state index in [-0.39, 0.29) is 55.4 Å². The lowest BCUT2D eigenvalue weighted by Gasteiger charge is -2.49. The second-order valence-electron chi connectivity index (χ2n) is 30.9. The van der Waals surface area contributed by atoms with E-state index in [4.69, 9.17) is 4.42 Å². The summed E-state index contributed by atoms with van der Waals surface area (Å²) in [6, 6.07) is 42.4. The van der Waals surface area contributed by atoms with E-state index in [2.05, 4.69) is 231 Å². The number of rotatable bonds is 2. The van der Waals surface area contributed by atoms with E-state index < -0.39 is 0 Å². The van der Waals surface area contributed by atoms with Crippen LogP contribution in [0, 0.1) is 16.7 Å². The van der Waals surface area contributed by atoms with Crippen LogP contribution in [-0.2, 0) is 37.9 Å². The van der Waals surface area contributed by atoms with Gasteiger partial charge in [-0.05, 0) is 204 Å². The fraction of sp³-hybridized carbons (Fsp3) is 0.472. The maximum atomic E-state index is 7.66. The number of anilines is 6. The van der Waals surface area contributed by atoms with Crippen molar-refractivity contribution in [3.05, 3.63) is 148 Å². The van der Waals surface area contributed by atoms with Gasteiger partial charge in [-0.15, -0.1) is 0 Å². The minimum absolute atomic E-state index is 0.00876. The van der Waals surface area contributed by atoms with Gasteiger partial charge in [0, 0.05) is 39.1 Å². The van der Waals surface area contributed by atoms with Crippen LogP contribution >= 0.6 is 0 Å². The van der Waals surface area contributed by atoms with Crippen molar-refractivity contribution in [2.75, 3.05) is 9.80 Å². The molecule has 1 aromatic heterocycles. The van der Waals surface area contributed by atoms with Crippen LogP contribution < -0.4 is 26.4 Å². The Morgan fingerprint density at radius 3 is 1.75 bits per heavy atom. The van der Waals surface area contributed by atoms with Crippen LogP contribution in [-0.4, -0.2) is 6.71 Å². The SMILES string of the molecule is CC(C)(C)c1cc2c3c(c1)N(c1ccc4c(c1)C(C)(C)CCC4(C)C)c1c(oc4ccc(C(C)(C)C)cc14)B3c1cc3c(cc1N2c1cccc2c1-c1ccccc1C21CC2CCC1(C)C2(C)C)C(C)(C)CCC3(C)C. The van der Waals surface area contributed by atoms with Crippen LogP contribution in [0.25, 0.3) is 22.1 Å². The molecule has 0 radical (unpaired) electrons. The van der Waals surface area contributed by atoms with Crippen molar-refractivity contribution in [2.45, 2.75) is 201 Å². The van der Waals surface area contributed by atoms with Crippen molar-refractivity contribution in [3.8, 4) is 11.1 Å².